The third-order valence-electron chi connectivity index (χ3n) is 6.06. The van der Waals surface area contributed by atoms with E-state index in [0.717, 1.165) is 32.1 Å². The van der Waals surface area contributed by atoms with Crippen molar-refractivity contribution in [3.05, 3.63) is 52.0 Å². The average Bonchev–Trinajstić information content (AvgIpc) is 3.52. The lowest BCUT2D eigenvalue weighted by molar-refractivity contribution is 0.0696. The summed E-state index contributed by atoms with van der Waals surface area (Å²) < 4.78 is 35.4. The quantitative estimate of drug-likeness (QED) is 0.572. The molecule has 0 amide bonds. The number of anilines is 1. The Kier molecular flexibility index (Phi) is 6.06. The van der Waals surface area contributed by atoms with E-state index in [-0.39, 0.29) is 44.5 Å². The molecule has 2 aliphatic carbocycles. The van der Waals surface area contributed by atoms with E-state index in [2.05, 4.69) is 11.6 Å². The van der Waals surface area contributed by atoms with Crippen molar-refractivity contribution in [2.75, 3.05) is 4.72 Å². The predicted octanol–water partition coefficient (Wildman–Crippen LogP) is 5.16. The summed E-state index contributed by atoms with van der Waals surface area (Å²) in [4.78, 5) is 11.4. The van der Waals surface area contributed by atoms with Gasteiger partial charge in [-0.05, 0) is 67.7 Å². The molecule has 0 unspecified atom stereocenters. The van der Waals surface area contributed by atoms with Gasteiger partial charge in [-0.25, -0.2) is 13.2 Å². The zero-order chi connectivity index (χ0) is 23.0. The average molecular weight is 475 g/mol. The maximum absolute atomic E-state index is 13.4. The molecule has 2 fully saturated rings. The summed E-state index contributed by atoms with van der Waals surface area (Å²) in [5, 5.41) is 18.9. The highest BCUT2D eigenvalue weighted by Gasteiger charge is 2.32. The lowest BCUT2D eigenvalue weighted by Gasteiger charge is -2.22. The number of benzene rings is 2. The van der Waals surface area contributed by atoms with Crippen LogP contribution in [0.1, 0.15) is 66.4 Å². The molecule has 2 saturated carbocycles. The first-order valence-electron chi connectivity index (χ1n) is 10.5. The van der Waals surface area contributed by atoms with E-state index in [4.69, 9.17) is 16.3 Å². The van der Waals surface area contributed by atoms with E-state index in [1.54, 1.807) is 6.07 Å². The summed E-state index contributed by atoms with van der Waals surface area (Å²) >= 11 is 6.20. The van der Waals surface area contributed by atoms with Crippen molar-refractivity contribution in [2.45, 2.75) is 55.9 Å². The Hall–Kier alpha value is -2.76. The number of carbonyl (C=O) groups is 1. The largest absolute Gasteiger partial charge is 0.488 e. The number of hydrogen-bond acceptors (Lipinski definition) is 5. The smallest absolute Gasteiger partial charge is 0.335 e. The molecule has 32 heavy (non-hydrogen) atoms. The van der Waals surface area contributed by atoms with Gasteiger partial charge >= 0.3 is 5.97 Å². The molecule has 0 radical (unpaired) electrons. The van der Waals surface area contributed by atoms with Crippen LogP contribution in [-0.2, 0) is 10.0 Å². The highest BCUT2D eigenvalue weighted by atomic mass is 35.5. The zero-order valence-corrected chi connectivity index (χ0v) is 19.0. The number of carboxylic acids is 1. The van der Waals surface area contributed by atoms with Crippen LogP contribution in [0.25, 0.3) is 0 Å². The molecule has 2 atom stereocenters. The fourth-order valence-corrected chi connectivity index (χ4v) is 5.68. The van der Waals surface area contributed by atoms with Gasteiger partial charge in [0.05, 0.1) is 26.7 Å². The van der Waals surface area contributed by atoms with Crippen molar-refractivity contribution in [3.8, 4) is 11.8 Å². The number of sulfonamides is 1. The fraction of sp³-hybridized carbons (Fsp3) is 0.391. The molecule has 7 nitrogen and oxygen atoms in total. The minimum absolute atomic E-state index is 0.0754. The standard InChI is InChI=1S/C23H23ClN2O5S/c1-13-3-2-4-20(13)31-21-11-18(24)16(12-25)9-19(21)26-32(29,30)22-10-15(23(27)28)7-8-17(22)14-5-6-14/h7-11,13-14,20,26H,2-6H2,1H3,(H,27,28)/t13-,20-/m1/s1. The second-order valence-corrected chi connectivity index (χ2v) is 10.5. The number of rotatable bonds is 7. The minimum atomic E-state index is -4.16. The zero-order valence-electron chi connectivity index (χ0n) is 17.5. The normalized spacial score (nSPS) is 20.5. The van der Waals surface area contributed by atoms with Crippen LogP contribution < -0.4 is 9.46 Å². The second kappa shape index (κ2) is 8.64. The van der Waals surface area contributed by atoms with Gasteiger partial charge in [-0.1, -0.05) is 24.6 Å². The van der Waals surface area contributed by atoms with Gasteiger partial charge in [0.25, 0.3) is 10.0 Å². The number of halogens is 1. The maximum atomic E-state index is 13.4. The van der Waals surface area contributed by atoms with Gasteiger partial charge in [-0.3, -0.25) is 4.72 Å². The van der Waals surface area contributed by atoms with Crippen molar-refractivity contribution in [3.63, 3.8) is 0 Å². The summed E-state index contributed by atoms with van der Waals surface area (Å²) in [6, 6.07) is 8.93. The Labute approximate surface area is 192 Å². The number of nitrogens with one attached hydrogen (secondary N) is 1. The maximum Gasteiger partial charge on any atom is 0.335 e. The Bertz CT molecular complexity index is 1220. The molecule has 2 aliphatic rings. The molecule has 2 N–H and O–H groups in total. The van der Waals surface area contributed by atoms with Gasteiger partial charge in [0.1, 0.15) is 17.9 Å². The second-order valence-electron chi connectivity index (χ2n) is 8.44. The molecule has 9 heteroatoms. The third kappa shape index (κ3) is 4.54. The Morgan fingerprint density at radius 2 is 1.97 bits per heavy atom. The lowest BCUT2D eigenvalue weighted by Crippen LogP contribution is -2.21. The van der Waals surface area contributed by atoms with Crippen molar-refractivity contribution >= 4 is 33.3 Å². The van der Waals surface area contributed by atoms with Crippen molar-refractivity contribution in [1.82, 2.24) is 0 Å². The molecular formula is C23H23ClN2O5S. The number of nitriles is 1. The van der Waals surface area contributed by atoms with Crippen LogP contribution >= 0.6 is 11.6 Å². The monoisotopic (exact) mass is 474 g/mol. The number of aromatic carboxylic acids is 1. The van der Waals surface area contributed by atoms with E-state index in [1.165, 1.54) is 24.3 Å². The molecule has 0 bridgehead atoms. The first-order valence-corrected chi connectivity index (χ1v) is 12.4. The highest BCUT2D eigenvalue weighted by molar-refractivity contribution is 7.92. The van der Waals surface area contributed by atoms with Crippen LogP contribution in [0.2, 0.25) is 5.02 Å². The van der Waals surface area contributed by atoms with Gasteiger partial charge in [0.15, 0.2) is 0 Å². The van der Waals surface area contributed by atoms with E-state index in [1.807, 2.05) is 6.07 Å². The van der Waals surface area contributed by atoms with E-state index in [0.29, 0.717) is 11.5 Å². The van der Waals surface area contributed by atoms with Crippen LogP contribution in [0.5, 0.6) is 5.75 Å². The van der Waals surface area contributed by atoms with Crippen molar-refractivity contribution < 1.29 is 23.1 Å². The minimum Gasteiger partial charge on any atom is -0.488 e. The third-order valence-corrected chi connectivity index (χ3v) is 7.80. The number of nitrogens with zero attached hydrogens (tertiary/aromatic N) is 1. The Balaban J connectivity index is 1.75. The van der Waals surface area contributed by atoms with Gasteiger partial charge in [-0.2, -0.15) is 5.26 Å². The van der Waals surface area contributed by atoms with Crippen LogP contribution in [0.4, 0.5) is 5.69 Å². The Morgan fingerprint density at radius 1 is 1.22 bits per heavy atom. The topological polar surface area (TPSA) is 116 Å². The summed E-state index contributed by atoms with van der Waals surface area (Å²) in [6.45, 7) is 2.08. The molecule has 0 saturated heterocycles. The summed E-state index contributed by atoms with van der Waals surface area (Å²) in [5.74, 6) is -0.568. The number of ether oxygens (including phenoxy) is 1. The van der Waals surface area contributed by atoms with Crippen LogP contribution in [0.15, 0.2) is 35.2 Å². The summed E-state index contributed by atoms with van der Waals surface area (Å²) in [6.07, 6.45) is 4.49. The predicted molar refractivity (Wildman–Crippen MR) is 120 cm³/mol. The molecule has 0 spiro atoms. The first-order chi connectivity index (χ1) is 15.2. The molecule has 0 heterocycles. The van der Waals surface area contributed by atoms with Gasteiger partial charge < -0.3 is 9.84 Å². The molecular weight excluding hydrogens is 452 g/mol. The molecule has 2 aromatic rings. The molecule has 0 aliphatic heterocycles. The van der Waals surface area contributed by atoms with Crippen molar-refractivity contribution in [1.29, 1.82) is 5.26 Å². The number of carboxylic acid groups (broad SMARTS) is 1. The van der Waals surface area contributed by atoms with E-state index in [9.17, 15) is 23.6 Å². The number of hydrogen-bond donors (Lipinski definition) is 2. The van der Waals surface area contributed by atoms with Crippen molar-refractivity contribution in [2.24, 2.45) is 5.92 Å². The van der Waals surface area contributed by atoms with E-state index >= 15 is 0 Å². The van der Waals surface area contributed by atoms with Crippen LogP contribution in [0, 0.1) is 17.2 Å². The van der Waals surface area contributed by atoms with E-state index < -0.39 is 16.0 Å². The van der Waals surface area contributed by atoms with Gasteiger partial charge in [-0.15, -0.1) is 0 Å². The highest BCUT2D eigenvalue weighted by Crippen LogP contribution is 2.44. The fourth-order valence-electron chi connectivity index (χ4n) is 4.10. The van der Waals surface area contributed by atoms with Gasteiger partial charge in [0.2, 0.25) is 0 Å². The SMILES string of the molecule is C[C@@H]1CCC[C@H]1Oc1cc(Cl)c(C#N)cc1NS(=O)(=O)c1cc(C(=O)O)ccc1C1CC1. The molecule has 4 rings (SSSR count). The summed E-state index contributed by atoms with van der Waals surface area (Å²) in [7, 11) is -4.16. The molecule has 0 aromatic heterocycles. The van der Waals surface area contributed by atoms with Crippen LogP contribution in [-0.4, -0.2) is 25.6 Å². The van der Waals surface area contributed by atoms with Crippen LogP contribution in [0.3, 0.4) is 0 Å². The Morgan fingerprint density at radius 3 is 2.56 bits per heavy atom. The molecule has 2 aromatic carbocycles. The van der Waals surface area contributed by atoms with Gasteiger partial charge in [0, 0.05) is 6.07 Å². The lowest BCUT2D eigenvalue weighted by atomic mass is 10.1. The molecule has 168 valence electrons. The summed E-state index contributed by atoms with van der Waals surface area (Å²) in [5.41, 5.74) is 0.689. The first kappa shape index (κ1) is 22.4.